The number of hydrogen-bond acceptors (Lipinski definition) is 7. The Labute approximate surface area is 140 Å². The van der Waals surface area contributed by atoms with E-state index in [0.717, 1.165) is 6.42 Å². The molecule has 3 atom stereocenters. The van der Waals surface area contributed by atoms with Crippen molar-refractivity contribution in [2.45, 2.75) is 67.6 Å². The molecule has 6 nitrogen and oxygen atoms in total. The topological polar surface area (TPSA) is 88.0 Å². The van der Waals surface area contributed by atoms with Gasteiger partial charge in [-0.2, -0.15) is 17.5 Å². The summed E-state index contributed by atoms with van der Waals surface area (Å²) in [5.74, 6) is -1.24. The highest BCUT2D eigenvalue weighted by Gasteiger charge is 2.64. The van der Waals surface area contributed by atoms with E-state index < -0.39 is 40.1 Å². The van der Waals surface area contributed by atoms with Crippen LogP contribution in [0.5, 0.6) is 0 Å². The van der Waals surface area contributed by atoms with E-state index in [4.69, 9.17) is 4.74 Å². The molecular weight excluding hydrogens is 353 g/mol. The average Bonchev–Trinajstić information content (AvgIpc) is 2.39. The lowest BCUT2D eigenvalue weighted by Crippen LogP contribution is -2.62. The zero-order valence-electron chi connectivity index (χ0n) is 12.9. The summed E-state index contributed by atoms with van der Waals surface area (Å²) in [6, 6.07) is 0. The summed E-state index contributed by atoms with van der Waals surface area (Å²) < 4.78 is 45.9. The van der Waals surface area contributed by atoms with Gasteiger partial charge in [0.15, 0.2) is 0 Å². The first-order valence-corrected chi connectivity index (χ1v) is 8.42. The lowest BCUT2D eigenvalue weighted by molar-refractivity contribution is -0.777. The number of esters is 1. The van der Waals surface area contributed by atoms with Crippen molar-refractivity contribution >= 4 is 18.0 Å². The second-order valence-corrected chi connectivity index (χ2v) is 8.63. The molecule has 0 aromatic carbocycles. The van der Waals surface area contributed by atoms with Gasteiger partial charge in [-0.05, 0) is 50.9 Å². The highest BCUT2D eigenvalue weighted by molar-refractivity contribution is 7.96. The number of alkyl halides is 3. The van der Waals surface area contributed by atoms with Crippen molar-refractivity contribution in [2.24, 2.45) is 11.8 Å². The third-order valence-corrected chi connectivity index (χ3v) is 6.30. The number of ether oxygens (including phenoxy) is 1. The maximum Gasteiger partial charge on any atom is 0.415 e. The Hall–Kier alpha value is -0.550. The molecular formula is C14H18F3O6S-. The highest BCUT2D eigenvalue weighted by Crippen LogP contribution is 2.59. The van der Waals surface area contributed by atoms with Gasteiger partial charge in [-0.1, -0.05) is 0 Å². The van der Waals surface area contributed by atoms with Crippen LogP contribution in [0.15, 0.2) is 0 Å². The molecule has 4 aliphatic carbocycles. The number of rotatable bonds is 5. The van der Waals surface area contributed by atoms with Gasteiger partial charge in [0, 0.05) is 6.42 Å². The quantitative estimate of drug-likeness (QED) is 0.341. The van der Waals surface area contributed by atoms with Gasteiger partial charge in [0.05, 0.1) is 17.6 Å². The Kier molecular flexibility index (Phi) is 4.36. The summed E-state index contributed by atoms with van der Waals surface area (Å²) in [7, 11) is 0. The fourth-order valence-electron chi connectivity index (χ4n) is 4.82. The predicted molar refractivity (Wildman–Crippen MR) is 72.7 cm³/mol. The van der Waals surface area contributed by atoms with E-state index >= 15 is 0 Å². The average molecular weight is 371 g/mol. The molecule has 4 saturated carbocycles. The van der Waals surface area contributed by atoms with Crippen molar-refractivity contribution in [3.63, 3.8) is 0 Å². The Bertz CT molecular complexity index is 513. The van der Waals surface area contributed by atoms with E-state index in [-0.39, 0.29) is 18.3 Å². The molecule has 10 heteroatoms. The molecule has 24 heavy (non-hydrogen) atoms. The molecule has 0 aliphatic heterocycles. The van der Waals surface area contributed by atoms with Crippen LogP contribution >= 0.6 is 12.0 Å². The van der Waals surface area contributed by atoms with Crippen LogP contribution < -0.4 is 5.26 Å². The molecule has 0 heterocycles. The van der Waals surface area contributed by atoms with Crippen LogP contribution in [0.25, 0.3) is 0 Å². The number of carbonyl (C=O) groups excluding carboxylic acids is 1. The van der Waals surface area contributed by atoms with E-state index in [2.05, 4.69) is 9.37 Å². The largest absolute Gasteiger partial charge is 0.691 e. The molecule has 0 radical (unpaired) electrons. The second kappa shape index (κ2) is 5.73. The van der Waals surface area contributed by atoms with E-state index in [1.54, 1.807) is 0 Å². The van der Waals surface area contributed by atoms with Gasteiger partial charge in [-0.3, -0.25) is 9.83 Å². The Balaban J connectivity index is 1.80. The third kappa shape index (κ3) is 3.03. The normalized spacial score (nSPS) is 40.4. The van der Waals surface area contributed by atoms with Gasteiger partial charge in [0.2, 0.25) is 4.75 Å². The van der Waals surface area contributed by atoms with Crippen LogP contribution in [0.4, 0.5) is 13.2 Å². The molecule has 0 saturated heterocycles. The van der Waals surface area contributed by atoms with E-state index in [0.29, 0.717) is 32.6 Å². The summed E-state index contributed by atoms with van der Waals surface area (Å²) in [4.78, 5) is 12.3. The number of carbonyl (C=O) groups is 1. The Morgan fingerprint density at radius 2 is 1.83 bits per heavy atom. The van der Waals surface area contributed by atoms with Gasteiger partial charge >= 0.3 is 12.1 Å². The number of aliphatic hydroxyl groups is 1. The van der Waals surface area contributed by atoms with Crippen molar-refractivity contribution < 1.29 is 42.4 Å². The molecule has 138 valence electrons. The predicted octanol–water partition coefficient (Wildman–Crippen LogP) is 1.81. The van der Waals surface area contributed by atoms with E-state index in [1.807, 2.05) is 0 Å². The lowest BCUT2D eigenvalue weighted by Gasteiger charge is -2.59. The molecule has 1 N–H and O–H groups in total. The smallest absolute Gasteiger partial charge is 0.415 e. The van der Waals surface area contributed by atoms with Crippen molar-refractivity contribution in [2.75, 3.05) is 0 Å². The Morgan fingerprint density at radius 1 is 1.25 bits per heavy atom. The first-order valence-electron chi connectivity index (χ1n) is 7.68. The minimum absolute atomic E-state index is 0.148. The molecule has 4 aliphatic rings. The van der Waals surface area contributed by atoms with Crippen molar-refractivity contribution in [3.8, 4) is 0 Å². The van der Waals surface area contributed by atoms with Crippen molar-refractivity contribution in [1.82, 2.24) is 0 Å². The third-order valence-electron chi connectivity index (χ3n) is 5.44. The molecule has 0 aromatic rings. The summed E-state index contributed by atoms with van der Waals surface area (Å²) in [5, 5.41) is 23.4. The highest BCUT2D eigenvalue weighted by atomic mass is 32.2. The van der Waals surface area contributed by atoms with Crippen LogP contribution in [0.2, 0.25) is 0 Å². The fraction of sp³-hybridized carbons (Fsp3) is 0.929. The fourth-order valence-corrected chi connectivity index (χ4v) is 5.19. The number of hydrogen-bond donors (Lipinski definition) is 1. The molecule has 4 fully saturated rings. The molecule has 4 rings (SSSR count). The maximum atomic E-state index is 13.3. The van der Waals surface area contributed by atoms with Crippen molar-refractivity contribution in [3.05, 3.63) is 0 Å². The molecule has 0 aromatic heterocycles. The Morgan fingerprint density at radius 3 is 2.29 bits per heavy atom. The second-order valence-electron chi connectivity index (χ2n) is 7.51. The molecule has 0 spiro atoms. The monoisotopic (exact) mass is 371 g/mol. The number of halogens is 3. The summed E-state index contributed by atoms with van der Waals surface area (Å²) >= 11 is -0.430. The van der Waals surface area contributed by atoms with Gasteiger partial charge < -0.3 is 15.1 Å². The van der Waals surface area contributed by atoms with E-state index in [9.17, 15) is 28.3 Å². The maximum absolute atomic E-state index is 13.3. The molecule has 4 bridgehead atoms. The van der Waals surface area contributed by atoms with Crippen LogP contribution in [-0.4, -0.2) is 33.2 Å². The minimum atomic E-state index is -5.01. The molecule has 3 unspecified atom stereocenters. The van der Waals surface area contributed by atoms with Crippen molar-refractivity contribution in [1.29, 1.82) is 0 Å². The first kappa shape index (κ1) is 18.2. The van der Waals surface area contributed by atoms with Gasteiger partial charge in [-0.15, -0.1) is 0 Å². The van der Waals surface area contributed by atoms with Crippen LogP contribution in [0.3, 0.4) is 0 Å². The summed E-state index contributed by atoms with van der Waals surface area (Å²) in [6.45, 7) is 0.578. The van der Waals surface area contributed by atoms with Gasteiger partial charge in [-0.25, -0.2) is 0 Å². The van der Waals surface area contributed by atoms with Crippen LogP contribution in [-0.2, 0) is 18.9 Å². The molecule has 0 amide bonds. The summed E-state index contributed by atoms with van der Waals surface area (Å²) in [6.07, 6.45) is -1.85. The lowest BCUT2D eigenvalue weighted by atomic mass is 9.52. The minimum Gasteiger partial charge on any atom is -0.691 e. The van der Waals surface area contributed by atoms with Crippen LogP contribution in [0, 0.1) is 11.8 Å². The van der Waals surface area contributed by atoms with Gasteiger partial charge in [0.25, 0.3) is 0 Å². The SMILES string of the molecule is CC(SOO[O-])(C(=O)OC12CC3CC(CC(O)(C3)C1)C2)C(F)(F)F. The van der Waals surface area contributed by atoms with E-state index in [1.165, 1.54) is 0 Å². The zero-order valence-corrected chi connectivity index (χ0v) is 13.7. The van der Waals surface area contributed by atoms with Gasteiger partial charge in [0.1, 0.15) is 5.60 Å². The summed E-state index contributed by atoms with van der Waals surface area (Å²) in [5.41, 5.74) is -2.05. The first-order chi connectivity index (χ1) is 11.0. The standard InChI is InChI=1S/C14H19F3O6S/c1-11(14(15,16)17,24-23-22-20)10(18)21-13-5-8-2-9(6-13)4-12(19,3-8)7-13/h8-9,19-20H,2-7H2,1H3/p-1. The van der Waals surface area contributed by atoms with Crippen LogP contribution in [0.1, 0.15) is 45.4 Å². The zero-order chi connectivity index (χ0) is 17.8.